The molecule has 0 aliphatic carbocycles. The van der Waals surface area contributed by atoms with Crippen molar-refractivity contribution in [3.8, 4) is 0 Å². The minimum atomic E-state index is -4.34. The van der Waals surface area contributed by atoms with E-state index in [1.807, 2.05) is 13.0 Å². The van der Waals surface area contributed by atoms with E-state index in [0.717, 1.165) is 10.0 Å². The van der Waals surface area contributed by atoms with Crippen molar-refractivity contribution in [1.29, 1.82) is 0 Å². The monoisotopic (exact) mass is 339 g/mol. The molecule has 19 heavy (non-hydrogen) atoms. The molecule has 0 fully saturated rings. The lowest BCUT2D eigenvalue weighted by molar-refractivity contribution is -0.173. The summed E-state index contributed by atoms with van der Waals surface area (Å²) in [5.41, 5.74) is 1.36. The number of carbonyl (C=O) groups is 1. The van der Waals surface area contributed by atoms with Gasteiger partial charge in [0.05, 0.1) is 6.61 Å². The fourth-order valence-electron chi connectivity index (χ4n) is 1.39. The molecule has 7 heteroatoms. The fourth-order valence-corrected chi connectivity index (χ4v) is 2.00. The predicted molar refractivity (Wildman–Crippen MR) is 68.1 cm³/mol. The van der Waals surface area contributed by atoms with Crippen LogP contribution in [0.2, 0.25) is 0 Å². The Morgan fingerprint density at radius 2 is 2.05 bits per heavy atom. The van der Waals surface area contributed by atoms with E-state index in [9.17, 15) is 18.0 Å². The molecule has 106 valence electrons. The maximum absolute atomic E-state index is 11.8. The summed E-state index contributed by atoms with van der Waals surface area (Å²) < 4.78 is 40.5. The number of amides is 1. The second kappa shape index (κ2) is 6.91. The summed E-state index contributed by atoms with van der Waals surface area (Å²) in [7, 11) is 0. The Morgan fingerprint density at radius 3 is 2.63 bits per heavy atom. The molecular weight excluding hydrogens is 327 g/mol. The van der Waals surface area contributed by atoms with Gasteiger partial charge in [-0.2, -0.15) is 13.2 Å². The smallest absolute Gasteiger partial charge is 0.370 e. The maximum Gasteiger partial charge on any atom is 0.411 e. The molecule has 0 aliphatic rings. The number of hydrogen-bond acceptors (Lipinski definition) is 2. The van der Waals surface area contributed by atoms with Gasteiger partial charge >= 0.3 is 6.18 Å². The van der Waals surface area contributed by atoms with Crippen molar-refractivity contribution in [2.24, 2.45) is 0 Å². The average molecular weight is 340 g/mol. The molecule has 0 bridgehead atoms. The number of nitrogens with one attached hydrogen (secondary N) is 1. The van der Waals surface area contributed by atoms with Crippen LogP contribution in [0, 0.1) is 6.92 Å². The normalized spacial score (nSPS) is 11.4. The van der Waals surface area contributed by atoms with Gasteiger partial charge in [-0.1, -0.05) is 15.9 Å². The van der Waals surface area contributed by atoms with Crippen molar-refractivity contribution in [2.45, 2.75) is 13.1 Å². The average Bonchev–Trinajstić information content (AvgIpc) is 2.25. The minimum Gasteiger partial charge on any atom is -0.370 e. The molecule has 0 radical (unpaired) electrons. The number of hydrogen-bond donors (Lipinski definition) is 1. The third-order valence-electron chi connectivity index (χ3n) is 2.10. The third kappa shape index (κ3) is 6.58. The van der Waals surface area contributed by atoms with Crippen molar-refractivity contribution in [1.82, 2.24) is 5.32 Å². The van der Waals surface area contributed by atoms with Crippen LogP contribution in [0.3, 0.4) is 0 Å². The highest BCUT2D eigenvalue weighted by atomic mass is 79.9. The number of benzene rings is 1. The Labute approximate surface area is 117 Å². The first-order chi connectivity index (χ1) is 8.78. The quantitative estimate of drug-likeness (QED) is 0.837. The molecule has 0 unspecified atom stereocenters. The van der Waals surface area contributed by atoms with Gasteiger partial charge in [-0.15, -0.1) is 0 Å². The molecule has 1 aromatic rings. The van der Waals surface area contributed by atoms with Crippen molar-refractivity contribution >= 4 is 21.8 Å². The largest absolute Gasteiger partial charge is 0.411 e. The number of carbonyl (C=O) groups excluding carboxylic acids is 1. The van der Waals surface area contributed by atoms with Crippen LogP contribution >= 0.6 is 15.9 Å². The Kier molecular flexibility index (Phi) is 5.81. The van der Waals surface area contributed by atoms with Gasteiger partial charge in [0, 0.05) is 16.6 Å². The topological polar surface area (TPSA) is 38.3 Å². The molecule has 1 amide bonds. The summed E-state index contributed by atoms with van der Waals surface area (Å²) >= 11 is 3.27. The molecule has 1 N–H and O–H groups in total. The Balaban J connectivity index is 2.35. The summed E-state index contributed by atoms with van der Waals surface area (Å²) in [6.07, 6.45) is -4.34. The lowest BCUT2D eigenvalue weighted by atomic mass is 10.1. The van der Waals surface area contributed by atoms with E-state index < -0.39 is 12.8 Å². The van der Waals surface area contributed by atoms with Crippen LogP contribution in [0.5, 0.6) is 0 Å². The number of ether oxygens (including phenoxy) is 1. The van der Waals surface area contributed by atoms with E-state index in [2.05, 4.69) is 26.0 Å². The molecule has 1 aromatic carbocycles. The molecule has 0 aromatic heterocycles. The third-order valence-corrected chi connectivity index (χ3v) is 2.56. The molecule has 0 saturated carbocycles. The van der Waals surface area contributed by atoms with Gasteiger partial charge in [0.25, 0.3) is 5.91 Å². The van der Waals surface area contributed by atoms with Gasteiger partial charge in [0.1, 0.15) is 6.61 Å². The zero-order valence-electron chi connectivity index (χ0n) is 10.2. The summed E-state index contributed by atoms with van der Waals surface area (Å²) in [6.45, 7) is 0.381. The van der Waals surface area contributed by atoms with E-state index >= 15 is 0 Å². The number of alkyl halides is 3. The second-order valence-electron chi connectivity index (χ2n) is 3.94. The van der Waals surface area contributed by atoms with Crippen LogP contribution in [0.4, 0.5) is 13.2 Å². The molecule has 0 heterocycles. The highest BCUT2D eigenvalue weighted by Crippen LogP contribution is 2.15. The van der Waals surface area contributed by atoms with Crippen molar-refractivity contribution in [2.75, 3.05) is 19.8 Å². The number of rotatable bonds is 5. The Hall–Kier alpha value is -1.08. The van der Waals surface area contributed by atoms with Crippen LogP contribution in [-0.4, -0.2) is 31.8 Å². The van der Waals surface area contributed by atoms with Crippen molar-refractivity contribution in [3.05, 3.63) is 33.8 Å². The van der Waals surface area contributed by atoms with Crippen LogP contribution < -0.4 is 5.32 Å². The fraction of sp³-hybridized carbons (Fsp3) is 0.417. The van der Waals surface area contributed by atoms with E-state index in [-0.39, 0.29) is 19.1 Å². The Bertz CT molecular complexity index is 429. The predicted octanol–water partition coefficient (Wildman–Crippen LogP) is 3.07. The lowest BCUT2D eigenvalue weighted by Gasteiger charge is -2.09. The summed E-state index contributed by atoms with van der Waals surface area (Å²) in [5, 5.41) is 2.49. The summed E-state index contributed by atoms with van der Waals surface area (Å²) in [6, 6.07) is 5.18. The number of halogens is 4. The van der Waals surface area contributed by atoms with E-state index in [0.29, 0.717) is 5.56 Å². The summed E-state index contributed by atoms with van der Waals surface area (Å²) in [4.78, 5) is 11.7. The van der Waals surface area contributed by atoms with E-state index in [4.69, 9.17) is 0 Å². The molecular formula is C12H13BrF3NO2. The molecule has 1 rings (SSSR count). The van der Waals surface area contributed by atoms with Gasteiger partial charge in [-0.05, 0) is 30.7 Å². The van der Waals surface area contributed by atoms with Crippen LogP contribution in [-0.2, 0) is 4.74 Å². The first kappa shape index (κ1) is 16.0. The second-order valence-corrected chi connectivity index (χ2v) is 4.86. The zero-order chi connectivity index (χ0) is 14.5. The van der Waals surface area contributed by atoms with Crippen LogP contribution in [0.1, 0.15) is 15.9 Å². The zero-order valence-corrected chi connectivity index (χ0v) is 11.8. The molecule has 3 nitrogen and oxygen atoms in total. The van der Waals surface area contributed by atoms with Gasteiger partial charge in [-0.3, -0.25) is 4.79 Å². The molecule has 0 atom stereocenters. The van der Waals surface area contributed by atoms with E-state index in [1.165, 1.54) is 0 Å². The lowest BCUT2D eigenvalue weighted by Crippen LogP contribution is -2.28. The Morgan fingerprint density at radius 1 is 1.37 bits per heavy atom. The highest BCUT2D eigenvalue weighted by molar-refractivity contribution is 9.10. The standard InChI is InChI=1S/C12H13BrF3NO2/c1-8-4-9(6-10(13)5-8)11(18)17-2-3-19-7-12(14,15)16/h4-6H,2-3,7H2,1H3,(H,17,18). The van der Waals surface area contributed by atoms with Crippen molar-refractivity contribution in [3.63, 3.8) is 0 Å². The molecule has 0 spiro atoms. The van der Waals surface area contributed by atoms with Gasteiger partial charge < -0.3 is 10.1 Å². The van der Waals surface area contributed by atoms with Crippen molar-refractivity contribution < 1.29 is 22.7 Å². The maximum atomic E-state index is 11.8. The SMILES string of the molecule is Cc1cc(Br)cc(C(=O)NCCOCC(F)(F)F)c1. The van der Waals surface area contributed by atoms with Crippen LogP contribution in [0.25, 0.3) is 0 Å². The van der Waals surface area contributed by atoms with Gasteiger partial charge in [0.2, 0.25) is 0 Å². The van der Waals surface area contributed by atoms with Gasteiger partial charge in [0.15, 0.2) is 0 Å². The van der Waals surface area contributed by atoms with Gasteiger partial charge in [-0.25, -0.2) is 0 Å². The first-order valence-corrected chi connectivity index (χ1v) is 6.27. The first-order valence-electron chi connectivity index (χ1n) is 5.48. The molecule has 0 aliphatic heterocycles. The molecule has 0 saturated heterocycles. The minimum absolute atomic E-state index is 0.0282. The number of aryl methyl sites for hydroxylation is 1. The van der Waals surface area contributed by atoms with E-state index in [1.54, 1.807) is 12.1 Å². The van der Waals surface area contributed by atoms with Crippen LogP contribution in [0.15, 0.2) is 22.7 Å². The highest BCUT2D eigenvalue weighted by Gasteiger charge is 2.27. The summed E-state index contributed by atoms with van der Waals surface area (Å²) in [5.74, 6) is -0.347.